The number of nitrogens with zero attached hydrogens (tertiary/aromatic N) is 1. The van der Waals surface area contributed by atoms with Gasteiger partial charge in [-0.05, 0) is 17.5 Å². The third kappa shape index (κ3) is 5.05. The predicted molar refractivity (Wildman–Crippen MR) is 82.6 cm³/mol. The van der Waals surface area contributed by atoms with E-state index in [2.05, 4.69) is 9.47 Å². The van der Waals surface area contributed by atoms with Gasteiger partial charge in [-0.1, -0.05) is 37.6 Å². The van der Waals surface area contributed by atoms with Gasteiger partial charge in [-0.25, -0.2) is 0 Å². The van der Waals surface area contributed by atoms with Crippen LogP contribution in [0.25, 0.3) is 0 Å². The third-order valence-corrected chi connectivity index (χ3v) is 3.60. The Balaban J connectivity index is 3.21. The molecule has 0 aromatic heterocycles. The lowest BCUT2D eigenvalue weighted by Crippen LogP contribution is -2.35. The van der Waals surface area contributed by atoms with E-state index in [1.165, 1.54) is 0 Å². The number of hydrogen-bond donors (Lipinski definition) is 0. The number of carbonyl (C=O) groups excluding carboxylic acids is 2. The van der Waals surface area contributed by atoms with Crippen LogP contribution >= 0.6 is 0 Å². The molecule has 0 aliphatic heterocycles. The maximum Gasteiger partial charge on any atom is 0.320 e. The van der Waals surface area contributed by atoms with Gasteiger partial charge in [-0.15, -0.1) is 0 Å². The van der Waals surface area contributed by atoms with Crippen LogP contribution in [0.4, 0.5) is 0 Å². The van der Waals surface area contributed by atoms with Crippen LogP contribution in [-0.4, -0.2) is 37.6 Å². The van der Waals surface area contributed by atoms with E-state index in [0.29, 0.717) is 5.56 Å². The highest BCUT2D eigenvalue weighted by atomic mass is 16.6. The number of ether oxygens (including phenoxy) is 2. The van der Waals surface area contributed by atoms with Gasteiger partial charge in [0.15, 0.2) is 5.92 Å². The summed E-state index contributed by atoms with van der Waals surface area (Å²) in [5.74, 6) is -4.00. The molecule has 0 N–H and O–H groups in total. The van der Waals surface area contributed by atoms with Crippen LogP contribution in [-0.2, 0) is 25.5 Å². The molecule has 0 spiro atoms. The first-order valence-electron chi connectivity index (χ1n) is 7.30. The smallest absolute Gasteiger partial charge is 0.320 e. The third-order valence-electron chi connectivity index (χ3n) is 3.60. The lowest BCUT2D eigenvalue weighted by atomic mass is 9.85. The molecule has 1 rings (SSSR count). The van der Waals surface area contributed by atoms with E-state index in [1.54, 1.807) is 12.1 Å². The summed E-state index contributed by atoms with van der Waals surface area (Å²) in [4.78, 5) is 34.3. The Hall–Kier alpha value is -2.44. The number of benzene rings is 1. The van der Waals surface area contributed by atoms with Gasteiger partial charge in [0.2, 0.25) is 6.54 Å². The highest BCUT2D eigenvalue weighted by molar-refractivity contribution is 5.96. The van der Waals surface area contributed by atoms with Crippen molar-refractivity contribution < 1.29 is 24.0 Å². The van der Waals surface area contributed by atoms with Crippen molar-refractivity contribution >= 4 is 11.9 Å². The summed E-state index contributed by atoms with van der Waals surface area (Å²) in [5.41, 5.74) is 1.62. The van der Waals surface area contributed by atoms with Crippen molar-refractivity contribution in [3.05, 3.63) is 45.5 Å². The molecule has 0 radical (unpaired) electrons. The largest absolute Gasteiger partial charge is 0.468 e. The molecule has 1 unspecified atom stereocenters. The monoisotopic (exact) mass is 323 g/mol. The number of esters is 2. The average Bonchev–Trinajstić information content (AvgIpc) is 2.54. The van der Waals surface area contributed by atoms with E-state index in [4.69, 9.17) is 0 Å². The fourth-order valence-corrected chi connectivity index (χ4v) is 2.46. The minimum atomic E-state index is -1.37. The summed E-state index contributed by atoms with van der Waals surface area (Å²) in [6.45, 7) is 1.48. The Bertz CT molecular complexity index is 538. The Morgan fingerprint density at radius 3 is 2.04 bits per heavy atom. The van der Waals surface area contributed by atoms with Crippen molar-refractivity contribution in [2.75, 3.05) is 20.8 Å². The number of nitro groups is 1. The van der Waals surface area contributed by atoms with Crippen molar-refractivity contribution in [1.82, 2.24) is 0 Å². The maximum absolute atomic E-state index is 11.9. The summed E-state index contributed by atoms with van der Waals surface area (Å²) in [7, 11) is 2.26. The number of hydrogen-bond acceptors (Lipinski definition) is 6. The van der Waals surface area contributed by atoms with Gasteiger partial charge >= 0.3 is 11.9 Å². The zero-order valence-corrected chi connectivity index (χ0v) is 13.5. The summed E-state index contributed by atoms with van der Waals surface area (Å²) in [6, 6.07) is 7.10. The number of rotatable bonds is 8. The highest BCUT2D eigenvalue weighted by Gasteiger charge is 2.40. The first-order valence-corrected chi connectivity index (χ1v) is 7.30. The second-order valence-electron chi connectivity index (χ2n) is 5.14. The molecular weight excluding hydrogens is 302 g/mol. The summed E-state index contributed by atoms with van der Waals surface area (Å²) in [6.07, 6.45) is 1.86. The van der Waals surface area contributed by atoms with E-state index in [1.807, 2.05) is 19.1 Å². The lowest BCUT2D eigenvalue weighted by Gasteiger charge is -2.20. The standard InChI is InChI=1S/C16H21NO6/c1-4-5-11-6-8-12(9-7-11)13(10-17(20)21)14(15(18)22-2)16(19)23-3/h6-9,13-14H,4-5,10H2,1-3H3. The molecule has 1 aromatic rings. The van der Waals surface area contributed by atoms with Gasteiger partial charge in [0.25, 0.3) is 0 Å². The maximum atomic E-state index is 11.9. The molecule has 1 aromatic carbocycles. The minimum Gasteiger partial charge on any atom is -0.468 e. The lowest BCUT2D eigenvalue weighted by molar-refractivity contribution is -0.484. The minimum absolute atomic E-state index is 0.530. The Morgan fingerprint density at radius 2 is 1.65 bits per heavy atom. The van der Waals surface area contributed by atoms with Crippen LogP contribution in [0.5, 0.6) is 0 Å². The fourth-order valence-electron chi connectivity index (χ4n) is 2.46. The van der Waals surface area contributed by atoms with Gasteiger partial charge in [-0.3, -0.25) is 19.7 Å². The normalized spacial score (nSPS) is 11.8. The quantitative estimate of drug-likeness (QED) is 0.314. The van der Waals surface area contributed by atoms with Crippen LogP contribution in [0, 0.1) is 16.0 Å². The highest BCUT2D eigenvalue weighted by Crippen LogP contribution is 2.28. The second-order valence-corrected chi connectivity index (χ2v) is 5.14. The van der Waals surface area contributed by atoms with Gasteiger partial charge in [0.1, 0.15) is 0 Å². The van der Waals surface area contributed by atoms with Gasteiger partial charge in [-0.2, -0.15) is 0 Å². The predicted octanol–water partition coefficient (Wildman–Crippen LogP) is 1.96. The van der Waals surface area contributed by atoms with Crippen molar-refractivity contribution in [3.8, 4) is 0 Å². The average molecular weight is 323 g/mol. The van der Waals surface area contributed by atoms with Crippen LogP contribution in [0.15, 0.2) is 24.3 Å². The molecule has 23 heavy (non-hydrogen) atoms. The molecule has 7 nitrogen and oxygen atoms in total. The SMILES string of the molecule is CCCc1ccc(C(C[N+](=O)[O-])C(C(=O)OC)C(=O)OC)cc1. The molecule has 0 heterocycles. The van der Waals surface area contributed by atoms with Crippen molar-refractivity contribution in [2.24, 2.45) is 5.92 Å². The molecule has 1 atom stereocenters. The molecular formula is C16H21NO6. The van der Waals surface area contributed by atoms with Crippen LogP contribution < -0.4 is 0 Å². The summed E-state index contributed by atoms with van der Waals surface area (Å²) < 4.78 is 9.24. The zero-order chi connectivity index (χ0) is 17.4. The molecule has 7 heteroatoms. The topological polar surface area (TPSA) is 95.7 Å². The van der Waals surface area contributed by atoms with E-state index in [0.717, 1.165) is 32.6 Å². The van der Waals surface area contributed by atoms with E-state index >= 15 is 0 Å². The number of aryl methyl sites for hydroxylation is 1. The molecule has 0 aliphatic rings. The number of carbonyl (C=O) groups is 2. The van der Waals surface area contributed by atoms with Crippen molar-refractivity contribution in [2.45, 2.75) is 25.7 Å². The van der Waals surface area contributed by atoms with Crippen LogP contribution in [0.3, 0.4) is 0 Å². The van der Waals surface area contributed by atoms with E-state index < -0.39 is 35.2 Å². The Morgan fingerprint density at radius 1 is 1.13 bits per heavy atom. The van der Waals surface area contributed by atoms with Crippen molar-refractivity contribution in [3.63, 3.8) is 0 Å². The van der Waals surface area contributed by atoms with Crippen LogP contribution in [0.1, 0.15) is 30.4 Å². The fraction of sp³-hybridized carbons (Fsp3) is 0.500. The number of methoxy groups -OCH3 is 2. The molecule has 0 fully saturated rings. The molecule has 126 valence electrons. The van der Waals surface area contributed by atoms with E-state index in [9.17, 15) is 19.7 Å². The van der Waals surface area contributed by atoms with Gasteiger partial charge < -0.3 is 9.47 Å². The Labute approximate surface area is 134 Å². The zero-order valence-electron chi connectivity index (χ0n) is 13.5. The Kier molecular flexibility index (Phi) is 7.18. The van der Waals surface area contributed by atoms with Gasteiger partial charge in [0.05, 0.1) is 20.1 Å². The van der Waals surface area contributed by atoms with Crippen LogP contribution in [0.2, 0.25) is 0 Å². The summed E-state index contributed by atoms with van der Waals surface area (Å²) in [5, 5.41) is 11.0. The first-order chi connectivity index (χ1) is 10.9. The first kappa shape index (κ1) is 18.6. The molecule has 0 saturated heterocycles. The molecule has 0 amide bonds. The van der Waals surface area contributed by atoms with Gasteiger partial charge in [0, 0.05) is 4.92 Å². The summed E-state index contributed by atoms with van der Waals surface area (Å²) >= 11 is 0. The van der Waals surface area contributed by atoms with E-state index in [-0.39, 0.29) is 0 Å². The van der Waals surface area contributed by atoms with Crippen molar-refractivity contribution in [1.29, 1.82) is 0 Å². The molecule has 0 aliphatic carbocycles. The second kappa shape index (κ2) is 8.87. The molecule has 0 saturated carbocycles. The molecule has 0 bridgehead atoms.